The molecule has 0 saturated heterocycles. The number of nitrogens with zero attached hydrogens (tertiary/aromatic N) is 1. The van der Waals surface area contributed by atoms with E-state index >= 15 is 0 Å². The minimum absolute atomic E-state index is 0.00823. The molecule has 0 aliphatic carbocycles. The molecule has 0 spiro atoms. The third-order valence-electron chi connectivity index (χ3n) is 2.40. The Morgan fingerprint density at radius 3 is 2.82 bits per heavy atom. The summed E-state index contributed by atoms with van der Waals surface area (Å²) in [6, 6.07) is 8.51. The number of phenolic OH excluding ortho intramolecular Hbond substituents is 1. The number of hydrogen-bond acceptors (Lipinski definition) is 3. The highest BCUT2D eigenvalue weighted by molar-refractivity contribution is 6.06. The van der Waals surface area contributed by atoms with Crippen molar-refractivity contribution >= 4 is 11.6 Å². The first-order valence-electron chi connectivity index (χ1n) is 5.18. The second-order valence-corrected chi connectivity index (χ2v) is 3.67. The average Bonchev–Trinajstić information content (AvgIpc) is 2.34. The van der Waals surface area contributed by atoms with E-state index in [0.717, 1.165) is 0 Å². The molecule has 0 aliphatic rings. The molecule has 0 aliphatic heterocycles. The fourth-order valence-electron chi connectivity index (χ4n) is 1.48. The van der Waals surface area contributed by atoms with Crippen molar-refractivity contribution in [2.45, 2.75) is 6.92 Å². The molecule has 0 saturated carbocycles. The van der Waals surface area contributed by atoms with Crippen LogP contribution >= 0.6 is 0 Å². The van der Waals surface area contributed by atoms with Crippen molar-refractivity contribution < 1.29 is 9.90 Å². The van der Waals surface area contributed by atoms with E-state index in [0.29, 0.717) is 11.3 Å². The average molecular weight is 228 g/mol. The number of anilines is 1. The summed E-state index contributed by atoms with van der Waals surface area (Å²) in [5.74, 6) is -0.340. The van der Waals surface area contributed by atoms with Crippen molar-refractivity contribution in [3.8, 4) is 5.75 Å². The summed E-state index contributed by atoms with van der Waals surface area (Å²) in [5.41, 5.74) is 1.52. The zero-order valence-corrected chi connectivity index (χ0v) is 9.34. The number of hydrogen-bond donors (Lipinski definition) is 2. The normalized spacial score (nSPS) is 9.94. The largest absolute Gasteiger partial charge is 0.507 e. The van der Waals surface area contributed by atoms with Crippen LogP contribution in [0.4, 0.5) is 5.69 Å². The van der Waals surface area contributed by atoms with Crippen molar-refractivity contribution in [3.63, 3.8) is 0 Å². The Kier molecular flexibility index (Phi) is 3.05. The summed E-state index contributed by atoms with van der Waals surface area (Å²) < 4.78 is 0. The molecular formula is C13H12N2O2. The Labute approximate surface area is 98.9 Å². The van der Waals surface area contributed by atoms with Crippen LogP contribution in [0.3, 0.4) is 0 Å². The molecule has 2 rings (SSSR count). The molecule has 2 aromatic rings. The van der Waals surface area contributed by atoms with Gasteiger partial charge in [-0.3, -0.25) is 9.78 Å². The number of aryl methyl sites for hydroxylation is 1. The summed E-state index contributed by atoms with van der Waals surface area (Å²) in [6.07, 6.45) is 3.17. The number of phenols is 1. The lowest BCUT2D eigenvalue weighted by Gasteiger charge is -2.07. The molecule has 0 atom stereocenters. The zero-order chi connectivity index (χ0) is 12.3. The number of para-hydroxylation sites is 1. The van der Waals surface area contributed by atoms with Crippen molar-refractivity contribution in [1.29, 1.82) is 0 Å². The number of aromatic hydroxyl groups is 1. The molecule has 2 N–H and O–H groups in total. The maximum atomic E-state index is 11.9. The van der Waals surface area contributed by atoms with Crippen LogP contribution in [-0.2, 0) is 0 Å². The lowest BCUT2D eigenvalue weighted by atomic mass is 10.1. The monoisotopic (exact) mass is 228 g/mol. The van der Waals surface area contributed by atoms with E-state index in [1.807, 2.05) is 0 Å². The molecule has 1 aromatic heterocycles. The van der Waals surface area contributed by atoms with Crippen LogP contribution in [0.1, 0.15) is 15.9 Å². The number of carbonyl (C=O) groups excluding carboxylic acids is 1. The number of benzene rings is 1. The van der Waals surface area contributed by atoms with Crippen LogP contribution in [-0.4, -0.2) is 16.0 Å². The zero-order valence-electron chi connectivity index (χ0n) is 9.34. The van der Waals surface area contributed by atoms with Crippen LogP contribution < -0.4 is 5.32 Å². The lowest BCUT2D eigenvalue weighted by Crippen LogP contribution is -2.12. The van der Waals surface area contributed by atoms with E-state index in [1.54, 1.807) is 49.6 Å². The van der Waals surface area contributed by atoms with Crippen LogP contribution in [0, 0.1) is 6.92 Å². The lowest BCUT2D eigenvalue weighted by molar-refractivity contribution is 0.102. The fourth-order valence-corrected chi connectivity index (χ4v) is 1.48. The SMILES string of the molecule is Cc1cccc(C(=O)Nc2cccnc2)c1O. The molecule has 4 nitrogen and oxygen atoms in total. The van der Waals surface area contributed by atoms with Crippen molar-refractivity contribution in [2.24, 2.45) is 0 Å². The van der Waals surface area contributed by atoms with Gasteiger partial charge in [0.1, 0.15) is 5.75 Å². The molecule has 1 amide bonds. The number of nitrogens with one attached hydrogen (secondary N) is 1. The van der Waals surface area contributed by atoms with Gasteiger partial charge in [0.15, 0.2) is 0 Å². The van der Waals surface area contributed by atoms with Gasteiger partial charge in [0, 0.05) is 6.20 Å². The highest BCUT2D eigenvalue weighted by Crippen LogP contribution is 2.22. The summed E-state index contributed by atoms with van der Waals surface area (Å²) in [4.78, 5) is 15.8. The van der Waals surface area contributed by atoms with E-state index in [4.69, 9.17) is 0 Å². The van der Waals surface area contributed by atoms with Crippen molar-refractivity contribution in [1.82, 2.24) is 4.98 Å². The summed E-state index contributed by atoms with van der Waals surface area (Å²) in [7, 11) is 0. The van der Waals surface area contributed by atoms with Gasteiger partial charge in [0.25, 0.3) is 5.91 Å². The summed E-state index contributed by atoms with van der Waals surface area (Å²) in [5, 5.41) is 12.4. The van der Waals surface area contributed by atoms with Crippen molar-refractivity contribution in [2.75, 3.05) is 5.32 Å². The quantitative estimate of drug-likeness (QED) is 0.829. The minimum Gasteiger partial charge on any atom is -0.507 e. The van der Waals surface area contributed by atoms with Crippen molar-refractivity contribution in [3.05, 3.63) is 53.9 Å². The van der Waals surface area contributed by atoms with Gasteiger partial charge in [-0.05, 0) is 30.7 Å². The highest BCUT2D eigenvalue weighted by atomic mass is 16.3. The van der Waals surface area contributed by atoms with Crippen LogP contribution in [0.15, 0.2) is 42.7 Å². The van der Waals surface area contributed by atoms with Gasteiger partial charge in [-0.1, -0.05) is 12.1 Å². The number of carbonyl (C=O) groups is 1. The van der Waals surface area contributed by atoms with E-state index in [1.165, 1.54) is 0 Å². The molecule has 4 heteroatoms. The number of amides is 1. The third kappa shape index (κ3) is 2.42. The van der Waals surface area contributed by atoms with Gasteiger partial charge in [-0.25, -0.2) is 0 Å². The van der Waals surface area contributed by atoms with Gasteiger partial charge >= 0.3 is 0 Å². The Hall–Kier alpha value is -2.36. The first-order valence-corrected chi connectivity index (χ1v) is 5.18. The molecule has 1 aromatic carbocycles. The van der Waals surface area contributed by atoms with E-state index < -0.39 is 0 Å². The molecule has 0 bridgehead atoms. The van der Waals surface area contributed by atoms with E-state index in [2.05, 4.69) is 10.3 Å². The molecule has 17 heavy (non-hydrogen) atoms. The third-order valence-corrected chi connectivity index (χ3v) is 2.40. The Morgan fingerprint density at radius 2 is 2.12 bits per heavy atom. The topological polar surface area (TPSA) is 62.2 Å². The smallest absolute Gasteiger partial charge is 0.259 e. The Balaban J connectivity index is 2.24. The van der Waals surface area contributed by atoms with E-state index in [-0.39, 0.29) is 17.2 Å². The molecule has 86 valence electrons. The number of rotatable bonds is 2. The van der Waals surface area contributed by atoms with Gasteiger partial charge in [0.05, 0.1) is 17.4 Å². The minimum atomic E-state index is -0.348. The molecular weight excluding hydrogens is 216 g/mol. The van der Waals surface area contributed by atoms with Gasteiger partial charge < -0.3 is 10.4 Å². The van der Waals surface area contributed by atoms with Crippen LogP contribution in [0.2, 0.25) is 0 Å². The van der Waals surface area contributed by atoms with Gasteiger partial charge in [-0.2, -0.15) is 0 Å². The number of pyridine rings is 1. The molecule has 1 heterocycles. The number of aromatic nitrogens is 1. The summed E-state index contributed by atoms with van der Waals surface area (Å²) >= 11 is 0. The van der Waals surface area contributed by atoms with Gasteiger partial charge in [-0.15, -0.1) is 0 Å². The standard InChI is InChI=1S/C13H12N2O2/c1-9-4-2-6-11(12(9)16)13(17)15-10-5-3-7-14-8-10/h2-8,16H,1H3,(H,15,17). The van der Waals surface area contributed by atoms with Crippen LogP contribution in [0.5, 0.6) is 5.75 Å². The predicted octanol–water partition coefficient (Wildman–Crippen LogP) is 2.35. The second kappa shape index (κ2) is 4.65. The van der Waals surface area contributed by atoms with Gasteiger partial charge in [0.2, 0.25) is 0 Å². The Bertz CT molecular complexity index is 538. The van der Waals surface area contributed by atoms with Crippen LogP contribution in [0.25, 0.3) is 0 Å². The maximum Gasteiger partial charge on any atom is 0.259 e. The molecule has 0 fully saturated rings. The summed E-state index contributed by atoms with van der Waals surface area (Å²) in [6.45, 7) is 1.75. The Morgan fingerprint density at radius 1 is 1.29 bits per heavy atom. The highest BCUT2D eigenvalue weighted by Gasteiger charge is 2.12. The second-order valence-electron chi connectivity index (χ2n) is 3.67. The maximum absolute atomic E-state index is 11.9. The first-order chi connectivity index (χ1) is 8.18. The molecule has 0 unspecified atom stereocenters. The predicted molar refractivity (Wildman–Crippen MR) is 65.0 cm³/mol. The van der Waals surface area contributed by atoms with E-state index in [9.17, 15) is 9.90 Å². The molecule has 0 radical (unpaired) electrons. The first kappa shape index (κ1) is 11.1. The fraction of sp³-hybridized carbons (Fsp3) is 0.0769.